The molecule has 0 bridgehead atoms. The minimum absolute atomic E-state index is 0.179. The number of aryl methyl sites for hydroxylation is 1. The fourth-order valence-corrected chi connectivity index (χ4v) is 4.19. The van der Waals surface area contributed by atoms with E-state index >= 15 is 0 Å². The highest BCUT2D eigenvalue weighted by Gasteiger charge is 2.40. The molecule has 2 aromatic rings. The van der Waals surface area contributed by atoms with Gasteiger partial charge in [-0.2, -0.15) is 0 Å². The van der Waals surface area contributed by atoms with Gasteiger partial charge >= 0.3 is 0 Å². The van der Waals surface area contributed by atoms with Crippen molar-refractivity contribution >= 4 is 5.91 Å². The number of carbonyl (C=O) groups is 1. The standard InChI is InChI=1S/C23H29N3O2/c1-19-5-7-20(8-6-19)16-22(27)26-14-15-28-23(18-26)9-12-25(13-10-23)17-21-4-2-3-11-24-21/h2-8,11H,9-10,12-18H2,1H3. The summed E-state index contributed by atoms with van der Waals surface area (Å²) in [6.45, 7) is 6.97. The van der Waals surface area contributed by atoms with Crippen molar-refractivity contribution in [1.29, 1.82) is 0 Å². The first kappa shape index (κ1) is 19.1. The largest absolute Gasteiger partial charge is 0.371 e. The molecular formula is C23H29N3O2. The number of nitrogens with zero attached hydrogens (tertiary/aromatic N) is 3. The van der Waals surface area contributed by atoms with Crippen LogP contribution in [0.5, 0.6) is 0 Å². The van der Waals surface area contributed by atoms with Gasteiger partial charge in [-0.05, 0) is 37.5 Å². The van der Waals surface area contributed by atoms with Crippen molar-refractivity contribution in [3.05, 3.63) is 65.5 Å². The minimum atomic E-state index is -0.179. The fraction of sp³-hybridized carbons (Fsp3) is 0.478. The normalized spacial score (nSPS) is 19.7. The van der Waals surface area contributed by atoms with Crippen LogP contribution in [0.1, 0.15) is 29.7 Å². The number of amides is 1. The summed E-state index contributed by atoms with van der Waals surface area (Å²) in [6.07, 6.45) is 4.26. The average Bonchev–Trinajstić information content (AvgIpc) is 2.72. The molecule has 0 N–H and O–H groups in total. The third-order valence-electron chi connectivity index (χ3n) is 5.96. The monoisotopic (exact) mass is 379 g/mol. The SMILES string of the molecule is Cc1ccc(CC(=O)N2CCOC3(CCN(Cc4ccccn4)CC3)C2)cc1. The highest BCUT2D eigenvalue weighted by atomic mass is 16.5. The lowest BCUT2D eigenvalue weighted by atomic mass is 9.89. The molecule has 3 heterocycles. The van der Waals surface area contributed by atoms with E-state index in [0.717, 1.165) is 50.3 Å². The van der Waals surface area contributed by atoms with E-state index in [0.29, 0.717) is 19.6 Å². The highest BCUT2D eigenvalue weighted by Crippen LogP contribution is 2.31. The van der Waals surface area contributed by atoms with Gasteiger partial charge in [-0.25, -0.2) is 0 Å². The molecule has 5 nitrogen and oxygen atoms in total. The molecule has 0 aliphatic carbocycles. The van der Waals surface area contributed by atoms with Crippen LogP contribution in [0, 0.1) is 6.92 Å². The first-order valence-electron chi connectivity index (χ1n) is 10.2. The van der Waals surface area contributed by atoms with Gasteiger partial charge in [0.05, 0.1) is 24.3 Å². The summed E-state index contributed by atoms with van der Waals surface area (Å²) < 4.78 is 6.22. The summed E-state index contributed by atoms with van der Waals surface area (Å²) >= 11 is 0. The first-order chi connectivity index (χ1) is 13.6. The Hall–Kier alpha value is -2.24. The Kier molecular flexibility index (Phi) is 5.74. The smallest absolute Gasteiger partial charge is 0.227 e. The lowest BCUT2D eigenvalue weighted by Crippen LogP contribution is -2.58. The lowest BCUT2D eigenvalue weighted by molar-refractivity contribution is -0.159. The van der Waals surface area contributed by atoms with Gasteiger partial charge < -0.3 is 9.64 Å². The number of piperidine rings is 1. The molecule has 0 atom stereocenters. The number of hydrogen-bond donors (Lipinski definition) is 0. The molecule has 0 unspecified atom stereocenters. The predicted octanol–water partition coefficient (Wildman–Crippen LogP) is 2.83. The van der Waals surface area contributed by atoms with Gasteiger partial charge in [-0.15, -0.1) is 0 Å². The third kappa shape index (κ3) is 4.59. The maximum absolute atomic E-state index is 12.8. The van der Waals surface area contributed by atoms with Crippen molar-refractivity contribution in [3.8, 4) is 0 Å². The number of benzene rings is 1. The topological polar surface area (TPSA) is 45.7 Å². The van der Waals surface area contributed by atoms with Crippen LogP contribution in [0.25, 0.3) is 0 Å². The molecule has 28 heavy (non-hydrogen) atoms. The molecule has 1 amide bonds. The molecule has 4 rings (SSSR count). The van der Waals surface area contributed by atoms with Crippen molar-refractivity contribution in [2.75, 3.05) is 32.8 Å². The molecule has 0 radical (unpaired) electrons. The van der Waals surface area contributed by atoms with Crippen LogP contribution in [0.2, 0.25) is 0 Å². The Morgan fingerprint density at radius 2 is 1.89 bits per heavy atom. The van der Waals surface area contributed by atoms with Gasteiger partial charge in [-0.3, -0.25) is 14.7 Å². The van der Waals surface area contributed by atoms with Gasteiger partial charge in [0, 0.05) is 38.9 Å². The Morgan fingerprint density at radius 1 is 1.11 bits per heavy atom. The number of aromatic nitrogens is 1. The van der Waals surface area contributed by atoms with Gasteiger partial charge in [0.15, 0.2) is 0 Å². The zero-order chi connectivity index (χ0) is 19.4. The lowest BCUT2D eigenvalue weighted by Gasteiger charge is -2.47. The molecule has 5 heteroatoms. The van der Waals surface area contributed by atoms with Crippen LogP contribution in [-0.2, 0) is 22.5 Å². The van der Waals surface area contributed by atoms with E-state index in [2.05, 4.69) is 47.1 Å². The van der Waals surface area contributed by atoms with E-state index in [9.17, 15) is 4.79 Å². The maximum atomic E-state index is 12.8. The van der Waals surface area contributed by atoms with E-state index in [4.69, 9.17) is 4.74 Å². The van der Waals surface area contributed by atoms with Crippen LogP contribution in [0.4, 0.5) is 0 Å². The van der Waals surface area contributed by atoms with Crippen molar-refractivity contribution < 1.29 is 9.53 Å². The zero-order valence-electron chi connectivity index (χ0n) is 16.6. The number of carbonyl (C=O) groups excluding carboxylic acids is 1. The molecular weight excluding hydrogens is 350 g/mol. The molecule has 2 saturated heterocycles. The fourth-order valence-electron chi connectivity index (χ4n) is 4.19. The minimum Gasteiger partial charge on any atom is -0.371 e. The molecule has 2 fully saturated rings. The Balaban J connectivity index is 1.32. The Labute approximate surface area is 167 Å². The molecule has 0 saturated carbocycles. The van der Waals surface area contributed by atoms with Crippen LogP contribution in [-0.4, -0.2) is 59.1 Å². The summed E-state index contributed by atoms with van der Waals surface area (Å²) in [5, 5.41) is 0. The molecule has 2 aliphatic rings. The van der Waals surface area contributed by atoms with E-state index in [1.54, 1.807) is 0 Å². The summed E-state index contributed by atoms with van der Waals surface area (Å²) in [7, 11) is 0. The van der Waals surface area contributed by atoms with Gasteiger partial charge in [0.1, 0.15) is 0 Å². The van der Waals surface area contributed by atoms with Crippen LogP contribution in [0.15, 0.2) is 48.7 Å². The van der Waals surface area contributed by atoms with E-state index < -0.39 is 0 Å². The highest BCUT2D eigenvalue weighted by molar-refractivity contribution is 5.79. The first-order valence-corrected chi connectivity index (χ1v) is 10.2. The number of morpholine rings is 1. The van der Waals surface area contributed by atoms with Crippen molar-refractivity contribution in [1.82, 2.24) is 14.8 Å². The average molecular weight is 380 g/mol. The van der Waals surface area contributed by atoms with Crippen molar-refractivity contribution in [2.24, 2.45) is 0 Å². The summed E-state index contributed by atoms with van der Waals surface area (Å²) in [6, 6.07) is 14.3. The summed E-state index contributed by atoms with van der Waals surface area (Å²) in [5.41, 5.74) is 3.24. The second kappa shape index (κ2) is 8.41. The van der Waals surface area contributed by atoms with Gasteiger partial charge in [-0.1, -0.05) is 35.9 Å². The van der Waals surface area contributed by atoms with Gasteiger partial charge in [0.2, 0.25) is 5.91 Å². The maximum Gasteiger partial charge on any atom is 0.227 e. The Bertz CT molecular complexity index is 783. The van der Waals surface area contributed by atoms with Crippen LogP contribution >= 0.6 is 0 Å². The molecule has 1 spiro atoms. The molecule has 1 aromatic heterocycles. The van der Waals surface area contributed by atoms with E-state index in [1.165, 1.54) is 5.56 Å². The number of hydrogen-bond acceptors (Lipinski definition) is 4. The number of likely N-dealkylation sites (tertiary alicyclic amines) is 1. The van der Waals surface area contributed by atoms with Gasteiger partial charge in [0.25, 0.3) is 0 Å². The number of ether oxygens (including phenoxy) is 1. The number of pyridine rings is 1. The second-order valence-electron chi connectivity index (χ2n) is 8.11. The van der Waals surface area contributed by atoms with Crippen molar-refractivity contribution in [2.45, 2.75) is 38.3 Å². The molecule has 2 aliphatic heterocycles. The quantitative estimate of drug-likeness (QED) is 0.820. The van der Waals surface area contributed by atoms with Crippen LogP contribution in [0.3, 0.4) is 0 Å². The molecule has 148 valence electrons. The number of rotatable bonds is 4. The summed E-state index contributed by atoms with van der Waals surface area (Å²) in [5.74, 6) is 0.211. The third-order valence-corrected chi connectivity index (χ3v) is 5.96. The van der Waals surface area contributed by atoms with Crippen molar-refractivity contribution in [3.63, 3.8) is 0 Å². The predicted molar refractivity (Wildman–Crippen MR) is 109 cm³/mol. The summed E-state index contributed by atoms with van der Waals surface area (Å²) in [4.78, 5) is 21.7. The van der Waals surface area contributed by atoms with Crippen LogP contribution < -0.4 is 0 Å². The van der Waals surface area contributed by atoms with E-state index in [1.807, 2.05) is 23.2 Å². The Morgan fingerprint density at radius 3 is 2.61 bits per heavy atom. The zero-order valence-corrected chi connectivity index (χ0v) is 16.6. The molecule has 1 aromatic carbocycles. The second-order valence-corrected chi connectivity index (χ2v) is 8.11. The van der Waals surface area contributed by atoms with E-state index in [-0.39, 0.29) is 11.5 Å².